The molecule has 0 unspecified atom stereocenters. The van der Waals surface area contributed by atoms with Gasteiger partial charge in [0.2, 0.25) is 0 Å². The van der Waals surface area contributed by atoms with Crippen molar-refractivity contribution in [1.29, 1.82) is 0 Å². The van der Waals surface area contributed by atoms with Crippen LogP contribution in [-0.4, -0.2) is 25.7 Å². The average molecular weight is 251 g/mol. The van der Waals surface area contributed by atoms with E-state index in [-0.39, 0.29) is 23.6 Å². The third-order valence-corrected chi connectivity index (χ3v) is 3.35. The molecule has 18 heavy (non-hydrogen) atoms. The van der Waals surface area contributed by atoms with Crippen LogP contribution in [0.25, 0.3) is 0 Å². The number of hydrogen-bond acceptors (Lipinski definition) is 3. The number of nitrogens with one attached hydrogen (secondary N) is 1. The fraction of sp³-hybridized carbons (Fsp3) is 0.500. The summed E-state index contributed by atoms with van der Waals surface area (Å²) in [5.41, 5.74) is 0.884. The van der Waals surface area contributed by atoms with Gasteiger partial charge < -0.3 is 10.1 Å². The van der Waals surface area contributed by atoms with Crippen LogP contribution < -0.4 is 5.32 Å². The van der Waals surface area contributed by atoms with Crippen LogP contribution in [0.2, 0.25) is 0 Å². The Balaban J connectivity index is 2.20. The summed E-state index contributed by atoms with van der Waals surface area (Å²) in [6.07, 6.45) is 0.826. The van der Waals surface area contributed by atoms with Crippen molar-refractivity contribution in [3.05, 3.63) is 35.6 Å². The van der Waals surface area contributed by atoms with E-state index in [1.165, 1.54) is 12.1 Å². The molecule has 2 rings (SSSR count). The summed E-state index contributed by atoms with van der Waals surface area (Å²) < 4.78 is 18.4. The molecule has 0 aliphatic carbocycles. The second kappa shape index (κ2) is 5.96. The molecule has 98 valence electrons. The van der Waals surface area contributed by atoms with Crippen molar-refractivity contribution < 1.29 is 13.9 Å². The Kier molecular flexibility index (Phi) is 4.31. The number of benzene rings is 1. The first-order valence-electron chi connectivity index (χ1n) is 6.35. The molecule has 4 heteroatoms. The zero-order valence-corrected chi connectivity index (χ0v) is 10.5. The lowest BCUT2D eigenvalue weighted by molar-refractivity contribution is -0.149. The summed E-state index contributed by atoms with van der Waals surface area (Å²) in [4.78, 5) is 11.9. The minimum Gasteiger partial charge on any atom is -0.466 e. The van der Waals surface area contributed by atoms with Gasteiger partial charge in [-0.05, 0) is 43.5 Å². The average Bonchev–Trinajstić information content (AvgIpc) is 2.39. The molecule has 0 amide bonds. The third kappa shape index (κ3) is 2.88. The van der Waals surface area contributed by atoms with E-state index in [0.29, 0.717) is 13.2 Å². The molecule has 0 radical (unpaired) electrons. The standard InChI is InChI=1S/C14H18FNO2/c1-2-18-14(17)13-9-16-7-6-12(13)10-4-3-5-11(15)8-10/h3-5,8,12-13,16H,2,6-7,9H2,1H3/t12-,13-/m1/s1. The topological polar surface area (TPSA) is 38.3 Å². The van der Waals surface area contributed by atoms with Crippen LogP contribution in [0.4, 0.5) is 4.39 Å². The zero-order chi connectivity index (χ0) is 13.0. The quantitative estimate of drug-likeness (QED) is 0.836. The number of ether oxygens (including phenoxy) is 1. The van der Waals surface area contributed by atoms with Gasteiger partial charge in [-0.3, -0.25) is 4.79 Å². The summed E-state index contributed by atoms with van der Waals surface area (Å²) in [5.74, 6) is -0.630. The lowest BCUT2D eigenvalue weighted by Crippen LogP contribution is -2.40. The molecule has 3 nitrogen and oxygen atoms in total. The summed E-state index contributed by atoms with van der Waals surface area (Å²) in [7, 11) is 0. The van der Waals surface area contributed by atoms with Gasteiger partial charge in [0.05, 0.1) is 12.5 Å². The monoisotopic (exact) mass is 251 g/mol. The van der Waals surface area contributed by atoms with Gasteiger partial charge in [-0.2, -0.15) is 0 Å². The van der Waals surface area contributed by atoms with Crippen LogP contribution in [0.15, 0.2) is 24.3 Å². The number of piperidine rings is 1. The highest BCUT2D eigenvalue weighted by Crippen LogP contribution is 2.31. The molecule has 0 spiro atoms. The minimum atomic E-state index is -0.256. The first kappa shape index (κ1) is 13.0. The van der Waals surface area contributed by atoms with E-state index in [9.17, 15) is 9.18 Å². The smallest absolute Gasteiger partial charge is 0.310 e. The van der Waals surface area contributed by atoms with Gasteiger partial charge in [0, 0.05) is 6.54 Å². The summed E-state index contributed by atoms with van der Waals surface area (Å²) >= 11 is 0. The first-order valence-corrected chi connectivity index (χ1v) is 6.35. The Morgan fingerprint density at radius 2 is 2.39 bits per heavy atom. The van der Waals surface area contributed by atoms with Gasteiger partial charge in [0.25, 0.3) is 0 Å². The summed E-state index contributed by atoms with van der Waals surface area (Å²) in [5, 5.41) is 3.19. The maximum Gasteiger partial charge on any atom is 0.310 e. The van der Waals surface area contributed by atoms with Crippen LogP contribution in [0, 0.1) is 11.7 Å². The molecule has 0 bridgehead atoms. The molecule has 0 aromatic heterocycles. The molecule has 1 aromatic carbocycles. The van der Waals surface area contributed by atoms with Gasteiger partial charge in [-0.25, -0.2) is 4.39 Å². The van der Waals surface area contributed by atoms with Crippen LogP contribution in [0.3, 0.4) is 0 Å². The second-order valence-electron chi connectivity index (χ2n) is 4.51. The molecule has 1 aliphatic heterocycles. The molecule has 1 saturated heterocycles. The SMILES string of the molecule is CCOC(=O)[C@@H]1CNCC[C@@H]1c1cccc(F)c1. The highest BCUT2D eigenvalue weighted by molar-refractivity contribution is 5.74. The number of esters is 1. The van der Waals surface area contributed by atoms with Crippen molar-refractivity contribution in [2.75, 3.05) is 19.7 Å². The lowest BCUT2D eigenvalue weighted by atomic mass is 9.81. The Hall–Kier alpha value is -1.42. The van der Waals surface area contributed by atoms with Crippen LogP contribution in [0.5, 0.6) is 0 Å². The van der Waals surface area contributed by atoms with Crippen molar-refractivity contribution in [1.82, 2.24) is 5.32 Å². The largest absolute Gasteiger partial charge is 0.466 e. The predicted molar refractivity (Wildman–Crippen MR) is 66.8 cm³/mol. The van der Waals surface area contributed by atoms with Crippen LogP contribution in [0.1, 0.15) is 24.8 Å². The first-order chi connectivity index (χ1) is 8.72. The Morgan fingerprint density at radius 1 is 1.56 bits per heavy atom. The Labute approximate surface area is 106 Å². The third-order valence-electron chi connectivity index (χ3n) is 3.35. The van der Waals surface area contributed by atoms with Gasteiger partial charge in [0.1, 0.15) is 5.82 Å². The number of carbonyl (C=O) groups excluding carboxylic acids is 1. The molecule has 1 fully saturated rings. The van der Waals surface area contributed by atoms with Gasteiger partial charge >= 0.3 is 5.97 Å². The van der Waals surface area contributed by atoms with Crippen LogP contribution >= 0.6 is 0 Å². The molecular formula is C14H18FNO2. The van der Waals surface area contributed by atoms with Crippen molar-refractivity contribution in [3.8, 4) is 0 Å². The Bertz CT molecular complexity index is 422. The highest BCUT2D eigenvalue weighted by atomic mass is 19.1. The molecular weight excluding hydrogens is 233 g/mol. The minimum absolute atomic E-state index is 0.0426. The van der Waals surface area contributed by atoms with E-state index in [1.54, 1.807) is 13.0 Å². The van der Waals surface area contributed by atoms with E-state index in [4.69, 9.17) is 4.74 Å². The molecule has 0 saturated carbocycles. The fourth-order valence-corrected chi connectivity index (χ4v) is 2.49. The molecule has 1 aliphatic rings. The van der Waals surface area contributed by atoms with E-state index >= 15 is 0 Å². The molecule has 1 N–H and O–H groups in total. The van der Waals surface area contributed by atoms with Crippen molar-refractivity contribution in [2.45, 2.75) is 19.3 Å². The number of hydrogen-bond donors (Lipinski definition) is 1. The maximum absolute atomic E-state index is 13.3. The Morgan fingerprint density at radius 3 is 3.11 bits per heavy atom. The fourth-order valence-electron chi connectivity index (χ4n) is 2.49. The van der Waals surface area contributed by atoms with E-state index in [0.717, 1.165) is 18.5 Å². The normalized spacial score (nSPS) is 23.7. The molecule has 1 aromatic rings. The van der Waals surface area contributed by atoms with E-state index < -0.39 is 0 Å². The van der Waals surface area contributed by atoms with E-state index in [1.807, 2.05) is 6.07 Å². The second-order valence-corrected chi connectivity index (χ2v) is 4.51. The highest BCUT2D eigenvalue weighted by Gasteiger charge is 2.33. The van der Waals surface area contributed by atoms with Crippen molar-refractivity contribution >= 4 is 5.97 Å². The van der Waals surface area contributed by atoms with Crippen molar-refractivity contribution in [3.63, 3.8) is 0 Å². The zero-order valence-electron chi connectivity index (χ0n) is 10.5. The van der Waals surface area contributed by atoms with Gasteiger partial charge in [0.15, 0.2) is 0 Å². The molecule has 1 heterocycles. The maximum atomic E-state index is 13.3. The lowest BCUT2D eigenvalue weighted by Gasteiger charge is -2.30. The van der Waals surface area contributed by atoms with Gasteiger partial charge in [-0.15, -0.1) is 0 Å². The van der Waals surface area contributed by atoms with Crippen LogP contribution in [-0.2, 0) is 9.53 Å². The predicted octanol–water partition coefficient (Wildman–Crippen LogP) is 2.08. The van der Waals surface area contributed by atoms with Gasteiger partial charge in [-0.1, -0.05) is 12.1 Å². The van der Waals surface area contributed by atoms with Crippen molar-refractivity contribution in [2.24, 2.45) is 5.92 Å². The van der Waals surface area contributed by atoms with E-state index in [2.05, 4.69) is 5.32 Å². The number of carbonyl (C=O) groups is 1. The molecule has 2 atom stereocenters. The summed E-state index contributed by atoms with van der Waals surface area (Å²) in [6, 6.07) is 6.51. The summed E-state index contributed by atoms with van der Waals surface area (Å²) in [6.45, 7) is 3.62. The number of rotatable bonds is 3. The number of halogens is 1.